The fourth-order valence-electron chi connectivity index (χ4n) is 3.38. The van der Waals surface area contributed by atoms with Crippen molar-refractivity contribution in [3.63, 3.8) is 0 Å². The fraction of sp³-hybridized carbons (Fsp3) is 0.632. The van der Waals surface area contributed by atoms with Crippen LogP contribution in [0.2, 0.25) is 0 Å². The minimum Gasteiger partial charge on any atom is -0.493 e. The van der Waals surface area contributed by atoms with Crippen LogP contribution in [0, 0.1) is 5.92 Å². The van der Waals surface area contributed by atoms with E-state index in [2.05, 4.69) is 10.0 Å². The Morgan fingerprint density at radius 1 is 1.15 bits per heavy atom. The zero-order chi connectivity index (χ0) is 18.9. The van der Waals surface area contributed by atoms with Crippen molar-refractivity contribution in [3.05, 3.63) is 23.8 Å². The third-order valence-corrected chi connectivity index (χ3v) is 7.44. The van der Waals surface area contributed by atoms with Crippen LogP contribution in [0.1, 0.15) is 52.0 Å². The highest BCUT2D eigenvalue weighted by Crippen LogP contribution is 2.30. The molecule has 0 radical (unpaired) electrons. The molecule has 1 fully saturated rings. The summed E-state index contributed by atoms with van der Waals surface area (Å²) in [7, 11) is -3.35. The lowest BCUT2D eigenvalue weighted by atomic mass is 9.86. The van der Waals surface area contributed by atoms with E-state index in [1.54, 1.807) is 20.8 Å². The van der Waals surface area contributed by atoms with Crippen molar-refractivity contribution in [2.45, 2.75) is 63.7 Å². The second kappa shape index (κ2) is 7.19. The van der Waals surface area contributed by atoms with Crippen molar-refractivity contribution in [1.82, 2.24) is 4.72 Å². The van der Waals surface area contributed by atoms with E-state index < -0.39 is 14.8 Å². The smallest absolute Gasteiger partial charge is 0.227 e. The Hall–Kier alpha value is -1.60. The Balaban J connectivity index is 1.52. The van der Waals surface area contributed by atoms with Crippen LogP contribution in [0.5, 0.6) is 5.75 Å². The van der Waals surface area contributed by atoms with E-state index in [0.29, 0.717) is 32.3 Å². The maximum atomic E-state index is 12.5. The summed E-state index contributed by atoms with van der Waals surface area (Å²) in [6.45, 7) is 5.77. The van der Waals surface area contributed by atoms with E-state index in [9.17, 15) is 13.2 Å². The molecule has 1 aromatic rings. The molecule has 144 valence electrons. The van der Waals surface area contributed by atoms with Gasteiger partial charge in [-0.2, -0.15) is 0 Å². The minimum absolute atomic E-state index is 0.0148. The van der Waals surface area contributed by atoms with Gasteiger partial charge < -0.3 is 10.1 Å². The third-order valence-electron chi connectivity index (χ3n) is 5.18. The predicted molar refractivity (Wildman–Crippen MR) is 102 cm³/mol. The van der Waals surface area contributed by atoms with Crippen molar-refractivity contribution < 1.29 is 17.9 Å². The summed E-state index contributed by atoms with van der Waals surface area (Å²) in [6, 6.07) is 5.66. The molecule has 2 N–H and O–H groups in total. The largest absolute Gasteiger partial charge is 0.493 e. The van der Waals surface area contributed by atoms with Gasteiger partial charge in [-0.25, -0.2) is 13.1 Å². The maximum Gasteiger partial charge on any atom is 0.227 e. The summed E-state index contributed by atoms with van der Waals surface area (Å²) in [5.41, 5.74) is 1.93. The van der Waals surface area contributed by atoms with Crippen LogP contribution in [0.4, 0.5) is 5.69 Å². The minimum atomic E-state index is -3.35. The van der Waals surface area contributed by atoms with Crippen LogP contribution in [-0.4, -0.2) is 31.7 Å². The summed E-state index contributed by atoms with van der Waals surface area (Å²) in [4.78, 5) is 12.5. The number of hydrogen-bond donors (Lipinski definition) is 2. The van der Waals surface area contributed by atoms with Crippen molar-refractivity contribution in [3.8, 4) is 5.75 Å². The Morgan fingerprint density at radius 3 is 2.50 bits per heavy atom. The highest BCUT2D eigenvalue weighted by atomic mass is 32.2. The van der Waals surface area contributed by atoms with Crippen LogP contribution in [0.3, 0.4) is 0 Å². The molecule has 0 spiro atoms. The lowest BCUT2D eigenvalue weighted by Crippen LogP contribution is -2.46. The van der Waals surface area contributed by atoms with Gasteiger partial charge in [0.15, 0.2) is 0 Å². The first-order valence-corrected chi connectivity index (χ1v) is 10.7. The number of anilines is 1. The van der Waals surface area contributed by atoms with Gasteiger partial charge in [0.1, 0.15) is 5.75 Å². The second-order valence-electron chi connectivity index (χ2n) is 8.19. The van der Waals surface area contributed by atoms with Gasteiger partial charge in [0.05, 0.1) is 11.4 Å². The number of hydrogen-bond acceptors (Lipinski definition) is 4. The van der Waals surface area contributed by atoms with Crippen LogP contribution < -0.4 is 14.8 Å². The predicted octanol–water partition coefficient (Wildman–Crippen LogP) is 2.84. The van der Waals surface area contributed by atoms with Crippen LogP contribution in [-0.2, 0) is 21.2 Å². The fourth-order valence-corrected chi connectivity index (χ4v) is 4.41. The van der Waals surface area contributed by atoms with Crippen molar-refractivity contribution in [2.24, 2.45) is 5.92 Å². The van der Waals surface area contributed by atoms with E-state index in [1.165, 1.54) is 0 Å². The quantitative estimate of drug-likeness (QED) is 0.841. The van der Waals surface area contributed by atoms with Crippen molar-refractivity contribution in [1.29, 1.82) is 0 Å². The molecule has 26 heavy (non-hydrogen) atoms. The first kappa shape index (κ1) is 19.2. The number of ether oxygens (including phenoxy) is 1. The summed E-state index contributed by atoms with van der Waals surface area (Å²) in [6.07, 6.45) is 3.63. The average molecular weight is 381 g/mol. The van der Waals surface area contributed by atoms with Crippen molar-refractivity contribution in [2.75, 3.05) is 11.9 Å². The Bertz CT molecular complexity index is 775. The highest BCUT2D eigenvalue weighted by Gasteiger charge is 2.34. The molecule has 3 rings (SSSR count). The van der Waals surface area contributed by atoms with Crippen LogP contribution in [0.25, 0.3) is 0 Å². The monoisotopic (exact) mass is 380 g/mol. The Labute approximate surface area is 155 Å². The lowest BCUT2D eigenvalue weighted by molar-refractivity contribution is -0.120. The molecule has 2 aliphatic rings. The molecule has 1 aliphatic carbocycles. The van der Waals surface area contributed by atoms with Gasteiger partial charge >= 0.3 is 0 Å². The molecule has 0 bridgehead atoms. The summed E-state index contributed by atoms with van der Waals surface area (Å²) in [5, 5.41) is 3.00. The van der Waals surface area contributed by atoms with E-state index in [0.717, 1.165) is 23.4 Å². The normalized spacial score (nSPS) is 23.2. The molecule has 1 saturated carbocycles. The Kier molecular flexibility index (Phi) is 5.30. The average Bonchev–Trinajstić information content (AvgIpc) is 3.01. The SMILES string of the molecule is CC(C)(C)S(=O)(=O)NC1CCC(C(=O)Nc2ccc3c(c2)CCO3)CC1. The molecule has 0 saturated heterocycles. The molecule has 1 aromatic carbocycles. The van der Waals surface area contributed by atoms with Gasteiger partial charge in [-0.15, -0.1) is 0 Å². The first-order valence-electron chi connectivity index (χ1n) is 9.24. The number of carbonyl (C=O) groups is 1. The van der Waals surface area contributed by atoms with Crippen LogP contribution >= 0.6 is 0 Å². The maximum absolute atomic E-state index is 12.5. The van der Waals surface area contributed by atoms with Gasteiger partial charge in [-0.1, -0.05) is 0 Å². The molecular formula is C19H28N2O4S. The van der Waals surface area contributed by atoms with Gasteiger partial charge in [0.25, 0.3) is 0 Å². The highest BCUT2D eigenvalue weighted by molar-refractivity contribution is 7.90. The number of amides is 1. The van der Waals surface area contributed by atoms with Gasteiger partial charge in [0, 0.05) is 24.1 Å². The van der Waals surface area contributed by atoms with E-state index in [-0.39, 0.29) is 17.9 Å². The summed E-state index contributed by atoms with van der Waals surface area (Å²) in [5.74, 6) is 0.838. The molecule has 1 aliphatic heterocycles. The molecule has 7 heteroatoms. The third kappa shape index (κ3) is 4.20. The zero-order valence-corrected chi connectivity index (χ0v) is 16.5. The number of nitrogens with one attached hydrogen (secondary N) is 2. The van der Waals surface area contributed by atoms with E-state index >= 15 is 0 Å². The van der Waals surface area contributed by atoms with Gasteiger partial charge in [-0.3, -0.25) is 4.79 Å². The first-order chi connectivity index (χ1) is 12.2. The molecule has 6 nitrogen and oxygen atoms in total. The molecule has 0 atom stereocenters. The van der Waals surface area contributed by atoms with E-state index in [1.807, 2.05) is 18.2 Å². The number of benzene rings is 1. The molecule has 0 unspecified atom stereocenters. The Morgan fingerprint density at radius 2 is 1.85 bits per heavy atom. The molecule has 1 heterocycles. The summed E-state index contributed by atoms with van der Waals surface area (Å²) >= 11 is 0. The van der Waals surface area contributed by atoms with Crippen molar-refractivity contribution >= 4 is 21.6 Å². The summed E-state index contributed by atoms with van der Waals surface area (Å²) < 4.78 is 32.0. The zero-order valence-electron chi connectivity index (χ0n) is 15.7. The van der Waals surface area contributed by atoms with Crippen LogP contribution in [0.15, 0.2) is 18.2 Å². The standard InChI is InChI=1S/C19H28N2O4S/c1-19(2,3)26(23,24)21-15-6-4-13(5-7-15)18(22)20-16-8-9-17-14(12-16)10-11-25-17/h8-9,12-13,15,21H,4-7,10-11H2,1-3H3,(H,20,22). The molecule has 1 amide bonds. The number of rotatable bonds is 4. The topological polar surface area (TPSA) is 84.5 Å². The van der Waals surface area contributed by atoms with Gasteiger partial charge in [0.2, 0.25) is 15.9 Å². The number of sulfonamides is 1. The second-order valence-corrected chi connectivity index (χ2v) is 10.7. The number of carbonyl (C=O) groups excluding carboxylic acids is 1. The number of fused-ring (bicyclic) bond motifs is 1. The molecule has 0 aromatic heterocycles. The van der Waals surface area contributed by atoms with Gasteiger partial charge in [-0.05, 0) is 70.2 Å². The van der Waals surface area contributed by atoms with E-state index in [4.69, 9.17) is 4.74 Å². The lowest BCUT2D eigenvalue weighted by Gasteiger charge is -2.30. The molecular weight excluding hydrogens is 352 g/mol.